The van der Waals surface area contributed by atoms with Gasteiger partial charge in [-0.25, -0.2) is 4.39 Å². The molecule has 0 unspecified atom stereocenters. The zero-order valence-corrected chi connectivity index (χ0v) is 9.29. The molecule has 0 aliphatic rings. The molecular formula is C10H6F9N. The van der Waals surface area contributed by atoms with E-state index in [0.29, 0.717) is 6.07 Å². The first-order valence-electron chi connectivity index (χ1n) is 4.85. The molecule has 0 spiro atoms. The van der Waals surface area contributed by atoms with Gasteiger partial charge in [-0.1, -0.05) is 6.07 Å². The van der Waals surface area contributed by atoms with Crippen LogP contribution in [-0.2, 0) is 6.18 Å². The molecule has 1 nitrogen and oxygen atoms in total. The Labute approximate surface area is 106 Å². The average Bonchev–Trinajstić information content (AvgIpc) is 2.25. The van der Waals surface area contributed by atoms with Crippen LogP contribution in [0.1, 0.15) is 17.2 Å². The standard InChI is InChI=1S/C10H6F9N/c11-6-2-1-4(3-5(6)9(14,15)16)7(20)8(12,13)10(17,18)19/h1-3,7H,20H2/t7-/m0/s1. The molecule has 1 aromatic carbocycles. The van der Waals surface area contributed by atoms with E-state index in [0.717, 1.165) is 0 Å². The van der Waals surface area contributed by atoms with Crippen molar-refractivity contribution in [3.63, 3.8) is 0 Å². The molecule has 0 bridgehead atoms. The molecule has 114 valence electrons. The number of halogens is 9. The molecule has 20 heavy (non-hydrogen) atoms. The van der Waals surface area contributed by atoms with Crippen LogP contribution < -0.4 is 5.73 Å². The second-order valence-electron chi connectivity index (χ2n) is 3.84. The molecule has 0 fully saturated rings. The van der Waals surface area contributed by atoms with Gasteiger partial charge < -0.3 is 5.73 Å². The average molecular weight is 311 g/mol. The molecule has 0 saturated heterocycles. The Bertz CT molecular complexity index is 488. The topological polar surface area (TPSA) is 26.0 Å². The van der Waals surface area contributed by atoms with Crippen molar-refractivity contribution in [2.75, 3.05) is 0 Å². The lowest BCUT2D eigenvalue weighted by molar-refractivity contribution is -0.291. The molecule has 10 heteroatoms. The summed E-state index contributed by atoms with van der Waals surface area (Å²) in [5.74, 6) is -7.25. The van der Waals surface area contributed by atoms with Gasteiger partial charge in [0.15, 0.2) is 0 Å². The lowest BCUT2D eigenvalue weighted by Gasteiger charge is -2.26. The maximum absolute atomic E-state index is 12.9. The van der Waals surface area contributed by atoms with Crippen molar-refractivity contribution in [3.8, 4) is 0 Å². The molecular weight excluding hydrogens is 305 g/mol. The van der Waals surface area contributed by atoms with Crippen LogP contribution in [0.15, 0.2) is 18.2 Å². The first kappa shape index (κ1) is 16.6. The number of hydrogen-bond donors (Lipinski definition) is 1. The van der Waals surface area contributed by atoms with Crippen molar-refractivity contribution in [1.29, 1.82) is 0 Å². The first-order valence-corrected chi connectivity index (χ1v) is 4.85. The Morgan fingerprint density at radius 1 is 0.900 bits per heavy atom. The van der Waals surface area contributed by atoms with Crippen molar-refractivity contribution in [3.05, 3.63) is 35.1 Å². The maximum atomic E-state index is 12.9. The van der Waals surface area contributed by atoms with Crippen molar-refractivity contribution in [1.82, 2.24) is 0 Å². The summed E-state index contributed by atoms with van der Waals surface area (Å²) in [4.78, 5) is 0. The predicted octanol–water partition coefficient (Wildman–Crippen LogP) is 4.04. The van der Waals surface area contributed by atoms with Gasteiger partial charge >= 0.3 is 18.3 Å². The Morgan fingerprint density at radius 3 is 1.80 bits per heavy atom. The molecule has 2 N–H and O–H groups in total. The van der Waals surface area contributed by atoms with E-state index in [2.05, 4.69) is 5.73 Å². The van der Waals surface area contributed by atoms with Gasteiger partial charge in [0.05, 0.1) is 5.56 Å². The van der Waals surface area contributed by atoms with E-state index in [4.69, 9.17) is 0 Å². The molecule has 0 aliphatic heterocycles. The highest BCUT2D eigenvalue weighted by atomic mass is 19.4. The van der Waals surface area contributed by atoms with Crippen LogP contribution in [-0.4, -0.2) is 12.1 Å². The summed E-state index contributed by atoms with van der Waals surface area (Å²) in [6, 6.07) is -2.77. The van der Waals surface area contributed by atoms with Gasteiger partial charge in [-0.3, -0.25) is 0 Å². The number of nitrogens with two attached hydrogens (primary N) is 1. The molecule has 0 radical (unpaired) electrons. The second-order valence-corrected chi connectivity index (χ2v) is 3.84. The third-order valence-electron chi connectivity index (χ3n) is 2.42. The summed E-state index contributed by atoms with van der Waals surface area (Å²) >= 11 is 0. The smallest absolute Gasteiger partial charge is 0.319 e. The quantitative estimate of drug-likeness (QED) is 0.820. The summed E-state index contributed by atoms with van der Waals surface area (Å²) in [7, 11) is 0. The summed E-state index contributed by atoms with van der Waals surface area (Å²) in [5, 5.41) is 0. The fourth-order valence-corrected chi connectivity index (χ4v) is 1.34. The summed E-state index contributed by atoms with van der Waals surface area (Å²) in [6.07, 6.45) is -11.3. The Hall–Kier alpha value is -1.45. The van der Waals surface area contributed by atoms with Crippen molar-refractivity contribution >= 4 is 0 Å². The Morgan fingerprint density at radius 2 is 1.40 bits per heavy atom. The van der Waals surface area contributed by atoms with Crippen LogP contribution in [0.25, 0.3) is 0 Å². The minimum atomic E-state index is -6.04. The SMILES string of the molecule is N[C@@H](c1ccc(F)c(C(F)(F)F)c1)C(F)(F)C(F)(F)F. The minimum absolute atomic E-state index is 0.129. The van der Waals surface area contributed by atoms with Gasteiger partial charge in [0.1, 0.15) is 11.9 Å². The molecule has 1 atom stereocenters. The number of rotatable bonds is 2. The van der Waals surface area contributed by atoms with Gasteiger partial charge in [0, 0.05) is 0 Å². The van der Waals surface area contributed by atoms with E-state index in [9.17, 15) is 39.5 Å². The zero-order valence-electron chi connectivity index (χ0n) is 9.29. The van der Waals surface area contributed by atoms with E-state index in [1.54, 1.807) is 0 Å². The van der Waals surface area contributed by atoms with E-state index in [1.807, 2.05) is 0 Å². The van der Waals surface area contributed by atoms with E-state index in [1.165, 1.54) is 0 Å². The Kier molecular flexibility index (Phi) is 4.01. The van der Waals surface area contributed by atoms with Crippen molar-refractivity contribution < 1.29 is 39.5 Å². The summed E-state index contributed by atoms with van der Waals surface area (Å²) in [6.45, 7) is 0. The number of benzene rings is 1. The maximum Gasteiger partial charge on any atom is 0.455 e. The third kappa shape index (κ3) is 3.00. The fraction of sp³-hybridized carbons (Fsp3) is 0.400. The van der Waals surface area contributed by atoms with Crippen LogP contribution in [0.2, 0.25) is 0 Å². The predicted molar refractivity (Wildman–Crippen MR) is 49.3 cm³/mol. The summed E-state index contributed by atoms with van der Waals surface area (Å²) < 4.78 is 112. The van der Waals surface area contributed by atoms with Crippen LogP contribution >= 0.6 is 0 Å². The lowest BCUT2D eigenvalue weighted by Crippen LogP contribution is -2.45. The molecule has 0 aromatic heterocycles. The zero-order chi connectivity index (χ0) is 15.9. The minimum Gasteiger partial charge on any atom is -0.319 e. The highest BCUT2D eigenvalue weighted by Crippen LogP contribution is 2.44. The monoisotopic (exact) mass is 311 g/mol. The van der Waals surface area contributed by atoms with Gasteiger partial charge in [-0.15, -0.1) is 0 Å². The molecule has 0 amide bonds. The molecule has 1 rings (SSSR count). The van der Waals surface area contributed by atoms with Crippen LogP contribution in [0.4, 0.5) is 39.5 Å². The number of hydrogen-bond acceptors (Lipinski definition) is 1. The molecule has 0 heterocycles. The lowest BCUT2D eigenvalue weighted by atomic mass is 9.98. The Balaban J connectivity index is 3.29. The highest BCUT2D eigenvalue weighted by molar-refractivity contribution is 5.30. The van der Waals surface area contributed by atoms with Gasteiger partial charge in [0.2, 0.25) is 0 Å². The van der Waals surface area contributed by atoms with Crippen LogP contribution in [0, 0.1) is 5.82 Å². The van der Waals surface area contributed by atoms with Crippen LogP contribution in [0.3, 0.4) is 0 Å². The first-order chi connectivity index (χ1) is 8.78. The molecule has 0 saturated carbocycles. The highest BCUT2D eigenvalue weighted by Gasteiger charge is 2.61. The van der Waals surface area contributed by atoms with Crippen molar-refractivity contribution in [2.45, 2.75) is 24.3 Å². The van der Waals surface area contributed by atoms with Crippen LogP contribution in [0.5, 0.6) is 0 Å². The van der Waals surface area contributed by atoms with E-state index < -0.39 is 41.3 Å². The van der Waals surface area contributed by atoms with E-state index in [-0.39, 0.29) is 12.1 Å². The van der Waals surface area contributed by atoms with Crippen molar-refractivity contribution in [2.24, 2.45) is 5.73 Å². The number of alkyl halides is 8. The van der Waals surface area contributed by atoms with E-state index >= 15 is 0 Å². The summed E-state index contributed by atoms with van der Waals surface area (Å²) in [5.41, 5.74) is 1.51. The molecule has 1 aromatic rings. The largest absolute Gasteiger partial charge is 0.455 e. The second kappa shape index (κ2) is 4.83. The van der Waals surface area contributed by atoms with Gasteiger partial charge in [-0.2, -0.15) is 35.1 Å². The third-order valence-corrected chi connectivity index (χ3v) is 2.42. The van der Waals surface area contributed by atoms with Gasteiger partial charge in [-0.05, 0) is 17.7 Å². The fourth-order valence-electron chi connectivity index (χ4n) is 1.34. The van der Waals surface area contributed by atoms with Gasteiger partial charge in [0.25, 0.3) is 0 Å². The molecule has 0 aliphatic carbocycles. The normalized spacial score (nSPS) is 15.3.